The average Bonchev–Trinajstić information content (AvgIpc) is 2.91. The van der Waals surface area contributed by atoms with E-state index in [-0.39, 0.29) is 12.5 Å². The van der Waals surface area contributed by atoms with Gasteiger partial charge in [-0.3, -0.25) is 4.79 Å². The van der Waals surface area contributed by atoms with E-state index in [1.165, 1.54) is 0 Å². The fourth-order valence-electron chi connectivity index (χ4n) is 1.49. The highest BCUT2D eigenvalue weighted by atomic mass is 79.9. The van der Waals surface area contributed by atoms with Crippen molar-refractivity contribution in [3.05, 3.63) is 47.0 Å². The highest BCUT2D eigenvalue weighted by molar-refractivity contribution is 9.10. The Kier molecular flexibility index (Phi) is 4.97. The molecule has 6 heteroatoms. The highest BCUT2D eigenvalue weighted by Crippen LogP contribution is 2.15. The van der Waals surface area contributed by atoms with Crippen molar-refractivity contribution in [2.45, 2.75) is 6.42 Å². The monoisotopic (exact) mass is 323 g/mol. The summed E-state index contributed by atoms with van der Waals surface area (Å²) in [5.41, 5.74) is 0. The molecule has 0 saturated heterocycles. The van der Waals surface area contributed by atoms with Gasteiger partial charge in [-0.05, 0) is 24.3 Å². The van der Waals surface area contributed by atoms with Crippen LogP contribution in [0.2, 0.25) is 0 Å². The molecule has 1 amide bonds. The minimum absolute atomic E-state index is 0.0137. The van der Waals surface area contributed by atoms with Crippen molar-refractivity contribution in [1.29, 1.82) is 0 Å². The molecule has 5 nitrogen and oxygen atoms in total. The van der Waals surface area contributed by atoms with Gasteiger partial charge in [-0.1, -0.05) is 15.9 Å². The molecule has 1 aromatic heterocycles. The van der Waals surface area contributed by atoms with E-state index in [1.807, 2.05) is 12.1 Å². The van der Waals surface area contributed by atoms with Gasteiger partial charge >= 0.3 is 0 Å². The third-order valence-corrected chi connectivity index (χ3v) is 2.95. The molecule has 0 fully saturated rings. The van der Waals surface area contributed by atoms with Crippen LogP contribution in [0.5, 0.6) is 5.75 Å². The van der Waals surface area contributed by atoms with E-state index < -0.39 is 0 Å². The second kappa shape index (κ2) is 6.94. The maximum atomic E-state index is 11.5. The van der Waals surface area contributed by atoms with Crippen LogP contribution in [0.15, 0.2) is 41.1 Å². The lowest BCUT2D eigenvalue weighted by atomic mass is 10.3. The zero-order valence-electron chi connectivity index (χ0n) is 10.2. The topological polar surface area (TPSA) is 67.0 Å². The van der Waals surface area contributed by atoms with Gasteiger partial charge in [0.2, 0.25) is 0 Å². The summed E-state index contributed by atoms with van der Waals surface area (Å²) in [5, 5.41) is 2.77. The number of nitrogens with one attached hydrogen (secondary N) is 2. The average molecular weight is 324 g/mol. The second-order valence-electron chi connectivity index (χ2n) is 3.88. The number of carbonyl (C=O) groups is 1. The first-order valence-corrected chi connectivity index (χ1v) is 6.66. The Labute approximate surface area is 119 Å². The van der Waals surface area contributed by atoms with Crippen molar-refractivity contribution < 1.29 is 9.53 Å². The molecule has 2 rings (SSSR count). The Bertz CT molecular complexity index is 511. The van der Waals surface area contributed by atoms with Gasteiger partial charge in [0.05, 0.1) is 0 Å². The predicted molar refractivity (Wildman–Crippen MR) is 74.9 cm³/mol. The Morgan fingerprint density at radius 2 is 2.16 bits per heavy atom. The van der Waals surface area contributed by atoms with Gasteiger partial charge < -0.3 is 15.0 Å². The summed E-state index contributed by atoms with van der Waals surface area (Å²) >= 11 is 3.33. The number of carbonyl (C=O) groups excluding carboxylic acids is 1. The lowest BCUT2D eigenvalue weighted by Crippen LogP contribution is -2.30. The first-order chi connectivity index (χ1) is 9.24. The molecule has 100 valence electrons. The maximum Gasteiger partial charge on any atom is 0.257 e. The molecule has 0 aliphatic rings. The molecule has 1 heterocycles. The van der Waals surface area contributed by atoms with Crippen LogP contribution in [-0.4, -0.2) is 29.0 Å². The molecule has 0 aliphatic carbocycles. The van der Waals surface area contributed by atoms with Crippen LogP contribution in [0.1, 0.15) is 5.82 Å². The summed E-state index contributed by atoms with van der Waals surface area (Å²) in [6.45, 7) is 0.551. The van der Waals surface area contributed by atoms with Crippen molar-refractivity contribution in [3.8, 4) is 5.75 Å². The molecule has 0 atom stereocenters. The summed E-state index contributed by atoms with van der Waals surface area (Å²) in [7, 11) is 0. The van der Waals surface area contributed by atoms with Crippen LogP contribution in [0, 0.1) is 0 Å². The normalized spacial score (nSPS) is 10.2. The molecule has 1 aromatic carbocycles. The molecule has 0 spiro atoms. The smallest absolute Gasteiger partial charge is 0.257 e. The van der Waals surface area contributed by atoms with Gasteiger partial charge in [0.1, 0.15) is 11.6 Å². The van der Waals surface area contributed by atoms with Gasteiger partial charge in [-0.15, -0.1) is 0 Å². The molecule has 2 aromatic rings. The Morgan fingerprint density at radius 1 is 1.37 bits per heavy atom. The zero-order chi connectivity index (χ0) is 13.5. The molecule has 0 radical (unpaired) electrons. The number of hydrogen-bond donors (Lipinski definition) is 2. The first kappa shape index (κ1) is 13.6. The lowest BCUT2D eigenvalue weighted by molar-refractivity contribution is -0.123. The molecule has 0 saturated carbocycles. The zero-order valence-corrected chi connectivity index (χ0v) is 11.8. The van der Waals surface area contributed by atoms with Crippen molar-refractivity contribution in [2.24, 2.45) is 0 Å². The number of rotatable bonds is 6. The number of benzene rings is 1. The molecule has 0 unspecified atom stereocenters. The SMILES string of the molecule is O=C(COc1ccc(Br)cc1)NCCc1ncc[nH]1. The third kappa shape index (κ3) is 4.75. The standard InChI is InChI=1S/C13H14BrN3O2/c14-10-1-3-11(4-2-10)19-9-13(18)17-6-5-12-15-7-8-16-12/h1-4,7-8H,5-6,9H2,(H,15,16)(H,17,18). The van der Waals surface area contributed by atoms with E-state index in [0.29, 0.717) is 18.7 Å². The van der Waals surface area contributed by atoms with Crippen LogP contribution in [0.25, 0.3) is 0 Å². The number of amides is 1. The molecule has 0 bridgehead atoms. The number of hydrogen-bond acceptors (Lipinski definition) is 3. The molecular formula is C13H14BrN3O2. The van der Waals surface area contributed by atoms with E-state index in [9.17, 15) is 4.79 Å². The van der Waals surface area contributed by atoms with E-state index in [4.69, 9.17) is 4.74 Å². The maximum absolute atomic E-state index is 11.5. The number of halogens is 1. The van der Waals surface area contributed by atoms with Gasteiger partial charge in [-0.2, -0.15) is 0 Å². The van der Waals surface area contributed by atoms with Crippen molar-refractivity contribution in [1.82, 2.24) is 15.3 Å². The van der Waals surface area contributed by atoms with E-state index in [0.717, 1.165) is 10.3 Å². The van der Waals surface area contributed by atoms with Gasteiger partial charge in [0, 0.05) is 29.8 Å². The van der Waals surface area contributed by atoms with E-state index in [1.54, 1.807) is 24.5 Å². The second-order valence-corrected chi connectivity index (χ2v) is 4.79. The molecular weight excluding hydrogens is 310 g/mol. The van der Waals surface area contributed by atoms with Gasteiger partial charge in [0.25, 0.3) is 5.91 Å². The van der Waals surface area contributed by atoms with Crippen LogP contribution in [0.4, 0.5) is 0 Å². The summed E-state index contributed by atoms with van der Waals surface area (Å²) in [4.78, 5) is 18.6. The number of aromatic nitrogens is 2. The first-order valence-electron chi connectivity index (χ1n) is 5.87. The minimum Gasteiger partial charge on any atom is -0.484 e. The number of aromatic amines is 1. The Hall–Kier alpha value is -1.82. The largest absolute Gasteiger partial charge is 0.484 e. The van der Waals surface area contributed by atoms with E-state index in [2.05, 4.69) is 31.2 Å². The fourth-order valence-corrected chi connectivity index (χ4v) is 1.75. The van der Waals surface area contributed by atoms with Crippen LogP contribution in [-0.2, 0) is 11.2 Å². The van der Waals surface area contributed by atoms with Gasteiger partial charge in [0.15, 0.2) is 6.61 Å². The summed E-state index contributed by atoms with van der Waals surface area (Å²) in [6, 6.07) is 7.34. The lowest BCUT2D eigenvalue weighted by Gasteiger charge is -2.07. The van der Waals surface area contributed by atoms with E-state index >= 15 is 0 Å². The summed E-state index contributed by atoms with van der Waals surface area (Å²) in [5.74, 6) is 1.38. The van der Waals surface area contributed by atoms with Crippen molar-refractivity contribution in [2.75, 3.05) is 13.2 Å². The fraction of sp³-hybridized carbons (Fsp3) is 0.231. The number of nitrogens with zero attached hydrogens (tertiary/aromatic N) is 1. The van der Waals surface area contributed by atoms with Crippen molar-refractivity contribution in [3.63, 3.8) is 0 Å². The third-order valence-electron chi connectivity index (χ3n) is 2.42. The number of imidazole rings is 1. The molecule has 19 heavy (non-hydrogen) atoms. The minimum atomic E-state index is -0.144. The molecule has 2 N–H and O–H groups in total. The summed E-state index contributed by atoms with van der Waals surface area (Å²) in [6.07, 6.45) is 4.12. The predicted octanol–water partition coefficient (Wildman–Crippen LogP) is 1.91. The van der Waals surface area contributed by atoms with Gasteiger partial charge in [-0.25, -0.2) is 4.98 Å². The molecule has 0 aliphatic heterocycles. The summed E-state index contributed by atoms with van der Waals surface area (Å²) < 4.78 is 6.33. The quantitative estimate of drug-likeness (QED) is 0.853. The number of ether oxygens (including phenoxy) is 1. The number of H-pyrrole nitrogens is 1. The Balaban J connectivity index is 1.65. The van der Waals surface area contributed by atoms with Crippen LogP contribution in [0.3, 0.4) is 0 Å². The highest BCUT2D eigenvalue weighted by Gasteiger charge is 2.03. The Morgan fingerprint density at radius 3 is 2.84 bits per heavy atom. The van der Waals surface area contributed by atoms with Crippen LogP contribution >= 0.6 is 15.9 Å². The van der Waals surface area contributed by atoms with Crippen LogP contribution < -0.4 is 10.1 Å². The van der Waals surface area contributed by atoms with Crippen molar-refractivity contribution >= 4 is 21.8 Å².